The highest BCUT2D eigenvalue weighted by Gasteiger charge is 2.11. The molecule has 0 fully saturated rings. The van der Waals surface area contributed by atoms with Crippen LogP contribution in [-0.2, 0) is 0 Å². The number of ether oxygens (including phenoxy) is 1. The van der Waals surface area contributed by atoms with Crippen molar-refractivity contribution in [3.8, 4) is 5.88 Å². The highest BCUT2D eigenvalue weighted by atomic mass is 35.5. The van der Waals surface area contributed by atoms with E-state index >= 15 is 0 Å². The van der Waals surface area contributed by atoms with Gasteiger partial charge in [0.25, 0.3) is 5.69 Å². The van der Waals surface area contributed by atoms with Gasteiger partial charge in [-0.2, -0.15) is 0 Å². The van der Waals surface area contributed by atoms with Gasteiger partial charge >= 0.3 is 0 Å². The highest BCUT2D eigenvalue weighted by molar-refractivity contribution is 6.29. The Balaban J connectivity index is 2.68. The van der Waals surface area contributed by atoms with Gasteiger partial charge in [-0.25, -0.2) is 4.98 Å². The van der Waals surface area contributed by atoms with Crippen molar-refractivity contribution in [1.82, 2.24) is 4.98 Å². The van der Waals surface area contributed by atoms with Crippen LogP contribution in [0.3, 0.4) is 0 Å². The standard InChI is InChI=1S/C11H15ClN2O3/c1-3-4-8(2)7-17-11-6-9(14(15)16)5-10(12)13-11/h5-6,8H,3-4,7H2,1-2H3. The molecule has 0 radical (unpaired) electrons. The van der Waals surface area contributed by atoms with Crippen LogP contribution in [0.15, 0.2) is 12.1 Å². The fourth-order valence-corrected chi connectivity index (χ4v) is 1.64. The summed E-state index contributed by atoms with van der Waals surface area (Å²) in [5.41, 5.74) is -0.108. The van der Waals surface area contributed by atoms with Gasteiger partial charge in [0.15, 0.2) is 0 Å². The molecular weight excluding hydrogens is 244 g/mol. The molecule has 0 aliphatic carbocycles. The minimum Gasteiger partial charge on any atom is -0.477 e. The van der Waals surface area contributed by atoms with Crippen molar-refractivity contribution in [1.29, 1.82) is 0 Å². The van der Waals surface area contributed by atoms with Gasteiger partial charge in [-0.15, -0.1) is 0 Å². The van der Waals surface area contributed by atoms with E-state index in [1.54, 1.807) is 0 Å². The fraction of sp³-hybridized carbons (Fsp3) is 0.545. The second-order valence-corrected chi connectivity index (χ2v) is 4.34. The summed E-state index contributed by atoms with van der Waals surface area (Å²) in [7, 11) is 0. The summed E-state index contributed by atoms with van der Waals surface area (Å²) in [4.78, 5) is 14.0. The Morgan fingerprint density at radius 3 is 2.88 bits per heavy atom. The lowest BCUT2D eigenvalue weighted by Gasteiger charge is -2.11. The van der Waals surface area contributed by atoms with Gasteiger partial charge in [0.05, 0.1) is 23.7 Å². The minimum atomic E-state index is -0.518. The fourth-order valence-electron chi connectivity index (χ4n) is 1.44. The van der Waals surface area contributed by atoms with Crippen molar-refractivity contribution < 1.29 is 9.66 Å². The van der Waals surface area contributed by atoms with Gasteiger partial charge in [0.1, 0.15) is 5.15 Å². The van der Waals surface area contributed by atoms with Gasteiger partial charge in [0.2, 0.25) is 5.88 Å². The van der Waals surface area contributed by atoms with Gasteiger partial charge in [-0.05, 0) is 12.3 Å². The molecule has 0 spiro atoms. The van der Waals surface area contributed by atoms with E-state index in [9.17, 15) is 10.1 Å². The zero-order valence-electron chi connectivity index (χ0n) is 9.85. The number of rotatable bonds is 6. The van der Waals surface area contributed by atoms with Crippen LogP contribution < -0.4 is 4.74 Å². The molecule has 1 rings (SSSR count). The van der Waals surface area contributed by atoms with Crippen molar-refractivity contribution in [2.75, 3.05) is 6.61 Å². The molecule has 0 saturated carbocycles. The third kappa shape index (κ3) is 4.56. The molecule has 94 valence electrons. The molecule has 17 heavy (non-hydrogen) atoms. The lowest BCUT2D eigenvalue weighted by atomic mass is 10.1. The van der Waals surface area contributed by atoms with E-state index in [1.165, 1.54) is 12.1 Å². The normalized spacial score (nSPS) is 12.2. The van der Waals surface area contributed by atoms with Crippen molar-refractivity contribution in [2.24, 2.45) is 5.92 Å². The van der Waals surface area contributed by atoms with Gasteiger partial charge in [-0.1, -0.05) is 31.9 Å². The van der Waals surface area contributed by atoms with Gasteiger partial charge < -0.3 is 4.74 Å². The van der Waals surface area contributed by atoms with Crippen LogP contribution in [0.25, 0.3) is 0 Å². The van der Waals surface area contributed by atoms with E-state index < -0.39 is 4.92 Å². The van der Waals surface area contributed by atoms with Crippen LogP contribution in [-0.4, -0.2) is 16.5 Å². The quantitative estimate of drug-likeness (QED) is 0.445. The van der Waals surface area contributed by atoms with Crippen molar-refractivity contribution in [3.63, 3.8) is 0 Å². The average molecular weight is 259 g/mol. The zero-order chi connectivity index (χ0) is 12.8. The molecular formula is C11H15ClN2O3. The Bertz CT molecular complexity index is 398. The molecule has 1 aromatic heterocycles. The summed E-state index contributed by atoms with van der Waals surface area (Å²) < 4.78 is 5.39. The first-order valence-electron chi connectivity index (χ1n) is 5.47. The average Bonchev–Trinajstić information content (AvgIpc) is 2.26. The van der Waals surface area contributed by atoms with Crippen LogP contribution >= 0.6 is 11.6 Å². The smallest absolute Gasteiger partial charge is 0.277 e. The predicted molar refractivity (Wildman–Crippen MR) is 65.5 cm³/mol. The number of hydrogen-bond acceptors (Lipinski definition) is 4. The summed E-state index contributed by atoms with van der Waals surface area (Å²) in [5.74, 6) is 0.590. The van der Waals surface area contributed by atoms with E-state index in [2.05, 4.69) is 18.8 Å². The second kappa shape index (κ2) is 6.39. The number of nitrogens with zero attached hydrogens (tertiary/aromatic N) is 2. The number of halogens is 1. The SMILES string of the molecule is CCCC(C)COc1cc([N+](=O)[O-])cc(Cl)n1. The van der Waals surface area contributed by atoms with Crippen LogP contribution in [0.2, 0.25) is 5.15 Å². The lowest BCUT2D eigenvalue weighted by molar-refractivity contribution is -0.385. The van der Waals surface area contributed by atoms with E-state index in [-0.39, 0.29) is 16.7 Å². The topological polar surface area (TPSA) is 65.3 Å². The molecule has 0 N–H and O–H groups in total. The summed E-state index contributed by atoms with van der Waals surface area (Å²) >= 11 is 5.67. The maximum Gasteiger partial charge on any atom is 0.277 e. The third-order valence-electron chi connectivity index (χ3n) is 2.26. The Labute approximate surface area is 105 Å². The van der Waals surface area contributed by atoms with Gasteiger partial charge in [0, 0.05) is 0 Å². The molecule has 1 heterocycles. The van der Waals surface area contributed by atoms with Crippen molar-refractivity contribution in [2.45, 2.75) is 26.7 Å². The lowest BCUT2D eigenvalue weighted by Crippen LogP contribution is -2.09. The Hall–Kier alpha value is -1.36. The monoisotopic (exact) mass is 258 g/mol. The minimum absolute atomic E-state index is 0.0670. The van der Waals surface area contributed by atoms with E-state index in [4.69, 9.17) is 16.3 Å². The molecule has 0 aliphatic rings. The first-order valence-corrected chi connectivity index (χ1v) is 5.85. The Kier molecular flexibility index (Phi) is 5.15. The second-order valence-electron chi connectivity index (χ2n) is 3.95. The largest absolute Gasteiger partial charge is 0.477 e. The summed E-state index contributed by atoms with van der Waals surface area (Å²) in [6, 6.07) is 2.48. The number of nitro groups is 1. The molecule has 0 saturated heterocycles. The van der Waals surface area contributed by atoms with Crippen LogP contribution in [0, 0.1) is 16.0 Å². The zero-order valence-corrected chi connectivity index (χ0v) is 10.6. The van der Waals surface area contributed by atoms with Crippen LogP contribution in [0.5, 0.6) is 5.88 Å². The molecule has 1 atom stereocenters. The van der Waals surface area contributed by atoms with Crippen LogP contribution in [0.4, 0.5) is 5.69 Å². The van der Waals surface area contributed by atoms with Crippen molar-refractivity contribution in [3.05, 3.63) is 27.4 Å². The molecule has 0 amide bonds. The summed E-state index contributed by atoms with van der Waals surface area (Å²) in [6.45, 7) is 4.64. The maximum atomic E-state index is 10.6. The number of aromatic nitrogens is 1. The molecule has 0 aliphatic heterocycles. The maximum absolute atomic E-state index is 10.6. The summed E-state index contributed by atoms with van der Waals surface area (Å²) in [6.07, 6.45) is 2.12. The predicted octanol–water partition coefficient (Wildman–Crippen LogP) is 3.46. The van der Waals surface area contributed by atoms with E-state index in [0.717, 1.165) is 12.8 Å². The third-order valence-corrected chi connectivity index (χ3v) is 2.46. The first kappa shape index (κ1) is 13.7. The molecule has 5 nitrogen and oxygen atoms in total. The molecule has 0 bridgehead atoms. The molecule has 1 unspecified atom stereocenters. The van der Waals surface area contributed by atoms with E-state index in [0.29, 0.717) is 12.5 Å². The molecule has 6 heteroatoms. The van der Waals surface area contributed by atoms with Crippen LogP contribution in [0.1, 0.15) is 26.7 Å². The molecule has 1 aromatic rings. The Morgan fingerprint density at radius 2 is 2.29 bits per heavy atom. The Morgan fingerprint density at radius 1 is 1.59 bits per heavy atom. The summed E-state index contributed by atoms with van der Waals surface area (Å²) in [5, 5.41) is 10.7. The van der Waals surface area contributed by atoms with Gasteiger partial charge in [-0.3, -0.25) is 10.1 Å². The first-order chi connectivity index (χ1) is 8.02. The van der Waals surface area contributed by atoms with E-state index in [1.807, 2.05) is 0 Å². The molecule has 0 aromatic carbocycles. The number of hydrogen-bond donors (Lipinski definition) is 0. The number of pyridine rings is 1. The van der Waals surface area contributed by atoms with Crippen molar-refractivity contribution >= 4 is 17.3 Å². The highest BCUT2D eigenvalue weighted by Crippen LogP contribution is 2.22.